The number of carboxylic acids is 1. The number of hydrogen-bond donors (Lipinski definition) is 2. The van der Waals surface area contributed by atoms with Gasteiger partial charge in [0.1, 0.15) is 10.8 Å². The molecule has 2 N–H and O–H groups in total. The van der Waals surface area contributed by atoms with E-state index in [9.17, 15) is 19.1 Å². The lowest BCUT2D eigenvalue weighted by Gasteiger charge is -2.06. The maximum Gasteiger partial charge on any atom is 0.338 e. The maximum absolute atomic E-state index is 13.3. The largest absolute Gasteiger partial charge is 0.478 e. The van der Waals surface area contributed by atoms with E-state index < -0.39 is 17.7 Å². The summed E-state index contributed by atoms with van der Waals surface area (Å²) in [5.41, 5.74) is 1.49. The predicted molar refractivity (Wildman–Crippen MR) is 79.8 cm³/mol. The number of rotatable bonds is 3. The monoisotopic (exact) mass is 307 g/mol. The summed E-state index contributed by atoms with van der Waals surface area (Å²) in [6, 6.07) is 3.99. The molecule has 1 aromatic heterocycles. The molecule has 1 aromatic carbocycles. The standard InChI is InChI=1S/C15H14FNO3S/c1-7-4-10(6-11(16)5-7)13(18)17-14-12(15(19)20)8(2)9(3)21-14/h4-6H,1-3H3,(H,17,18)(H,19,20). The van der Waals surface area contributed by atoms with Gasteiger partial charge in [-0.1, -0.05) is 0 Å². The van der Waals surface area contributed by atoms with Crippen LogP contribution in [0.4, 0.5) is 9.39 Å². The third-order valence-electron chi connectivity index (χ3n) is 3.13. The Labute approximate surface area is 125 Å². The van der Waals surface area contributed by atoms with Crippen molar-refractivity contribution in [3.05, 3.63) is 51.1 Å². The summed E-state index contributed by atoms with van der Waals surface area (Å²) in [5.74, 6) is -2.12. The highest BCUT2D eigenvalue weighted by molar-refractivity contribution is 7.16. The van der Waals surface area contributed by atoms with Crippen molar-refractivity contribution in [2.75, 3.05) is 5.32 Å². The number of carbonyl (C=O) groups excluding carboxylic acids is 1. The summed E-state index contributed by atoms with van der Waals surface area (Å²) in [6.07, 6.45) is 0. The van der Waals surface area contributed by atoms with Crippen LogP contribution in [0.1, 0.15) is 36.7 Å². The van der Waals surface area contributed by atoms with Crippen molar-refractivity contribution in [1.82, 2.24) is 0 Å². The Balaban J connectivity index is 2.36. The van der Waals surface area contributed by atoms with Crippen molar-refractivity contribution in [2.24, 2.45) is 0 Å². The quantitative estimate of drug-likeness (QED) is 0.907. The van der Waals surface area contributed by atoms with Crippen LogP contribution in [0.5, 0.6) is 0 Å². The summed E-state index contributed by atoms with van der Waals surface area (Å²) in [5, 5.41) is 12.1. The van der Waals surface area contributed by atoms with Crippen molar-refractivity contribution in [3.8, 4) is 0 Å². The normalized spacial score (nSPS) is 10.5. The Hall–Kier alpha value is -2.21. The molecule has 0 radical (unpaired) electrons. The van der Waals surface area contributed by atoms with Crippen LogP contribution >= 0.6 is 11.3 Å². The fourth-order valence-electron chi connectivity index (χ4n) is 2.02. The van der Waals surface area contributed by atoms with Gasteiger partial charge in [0.2, 0.25) is 0 Å². The van der Waals surface area contributed by atoms with Crippen LogP contribution in [0.15, 0.2) is 18.2 Å². The Morgan fingerprint density at radius 3 is 2.43 bits per heavy atom. The molecule has 0 atom stereocenters. The van der Waals surface area contributed by atoms with Crippen molar-refractivity contribution in [2.45, 2.75) is 20.8 Å². The van der Waals surface area contributed by atoms with Crippen LogP contribution in [-0.2, 0) is 0 Å². The van der Waals surface area contributed by atoms with Gasteiger partial charge in [0.05, 0.1) is 5.56 Å². The molecule has 110 valence electrons. The molecule has 0 fully saturated rings. The highest BCUT2D eigenvalue weighted by Gasteiger charge is 2.21. The van der Waals surface area contributed by atoms with Crippen molar-refractivity contribution in [1.29, 1.82) is 0 Å². The van der Waals surface area contributed by atoms with Gasteiger partial charge in [-0.25, -0.2) is 9.18 Å². The minimum Gasteiger partial charge on any atom is -0.478 e. The van der Waals surface area contributed by atoms with Gasteiger partial charge in [0, 0.05) is 10.4 Å². The maximum atomic E-state index is 13.3. The van der Waals surface area contributed by atoms with E-state index in [-0.39, 0.29) is 16.1 Å². The SMILES string of the molecule is Cc1cc(F)cc(C(=O)Nc2sc(C)c(C)c2C(=O)O)c1. The van der Waals surface area contributed by atoms with Gasteiger partial charge >= 0.3 is 5.97 Å². The molecule has 0 bridgehead atoms. The molecular formula is C15H14FNO3S. The number of halogens is 1. The average molecular weight is 307 g/mol. The van der Waals surface area contributed by atoms with E-state index in [0.717, 1.165) is 10.9 Å². The van der Waals surface area contributed by atoms with E-state index in [2.05, 4.69) is 5.32 Å². The highest BCUT2D eigenvalue weighted by atomic mass is 32.1. The van der Waals surface area contributed by atoms with E-state index in [1.807, 2.05) is 0 Å². The van der Waals surface area contributed by atoms with E-state index in [4.69, 9.17) is 0 Å². The Kier molecular flexibility index (Phi) is 4.09. The van der Waals surface area contributed by atoms with Crippen LogP contribution in [0.2, 0.25) is 0 Å². The Bertz CT molecular complexity index is 717. The van der Waals surface area contributed by atoms with Crippen LogP contribution in [0, 0.1) is 26.6 Å². The summed E-state index contributed by atoms with van der Waals surface area (Å²) >= 11 is 1.19. The molecule has 2 rings (SSSR count). The third-order valence-corrected chi connectivity index (χ3v) is 4.25. The number of nitrogens with one attached hydrogen (secondary N) is 1. The summed E-state index contributed by atoms with van der Waals surface area (Å²) in [6.45, 7) is 5.16. The van der Waals surface area contributed by atoms with Crippen LogP contribution < -0.4 is 5.32 Å². The summed E-state index contributed by atoms with van der Waals surface area (Å²) < 4.78 is 13.3. The number of thiophene rings is 1. The average Bonchev–Trinajstić information content (AvgIpc) is 2.63. The molecule has 0 saturated heterocycles. The zero-order valence-corrected chi connectivity index (χ0v) is 12.6. The second-order valence-electron chi connectivity index (χ2n) is 4.76. The molecule has 1 amide bonds. The van der Waals surface area contributed by atoms with Crippen LogP contribution in [0.3, 0.4) is 0 Å². The lowest BCUT2D eigenvalue weighted by molar-refractivity contribution is 0.0697. The van der Waals surface area contributed by atoms with Gasteiger partial charge in [-0.15, -0.1) is 11.3 Å². The molecule has 0 aliphatic rings. The van der Waals surface area contributed by atoms with Gasteiger partial charge in [0.15, 0.2) is 0 Å². The van der Waals surface area contributed by atoms with Gasteiger partial charge in [-0.2, -0.15) is 0 Å². The Morgan fingerprint density at radius 1 is 1.19 bits per heavy atom. The molecule has 2 aromatic rings. The number of aromatic carboxylic acids is 1. The predicted octanol–water partition coefficient (Wildman–Crippen LogP) is 3.76. The summed E-state index contributed by atoms with van der Waals surface area (Å²) in [4.78, 5) is 24.2. The van der Waals surface area contributed by atoms with E-state index in [1.54, 1.807) is 26.8 Å². The number of carboxylic acid groups (broad SMARTS) is 1. The number of anilines is 1. The molecule has 0 spiro atoms. The van der Waals surface area contributed by atoms with E-state index in [0.29, 0.717) is 11.1 Å². The van der Waals surface area contributed by atoms with Gasteiger partial charge < -0.3 is 10.4 Å². The molecule has 21 heavy (non-hydrogen) atoms. The number of aryl methyl sites for hydroxylation is 2. The molecule has 0 saturated carbocycles. The molecule has 0 aliphatic heterocycles. The Morgan fingerprint density at radius 2 is 1.86 bits per heavy atom. The zero-order valence-electron chi connectivity index (χ0n) is 11.8. The molecule has 0 unspecified atom stereocenters. The fourth-order valence-corrected chi connectivity index (χ4v) is 3.06. The minimum absolute atomic E-state index is 0.0824. The van der Waals surface area contributed by atoms with E-state index in [1.165, 1.54) is 17.4 Å². The molecule has 1 heterocycles. The minimum atomic E-state index is -1.09. The lowest BCUT2D eigenvalue weighted by Crippen LogP contribution is -2.14. The first-order chi connectivity index (χ1) is 9.79. The first-order valence-electron chi connectivity index (χ1n) is 6.21. The second-order valence-corrected chi connectivity index (χ2v) is 5.99. The lowest BCUT2D eigenvalue weighted by atomic mass is 10.1. The molecule has 4 nitrogen and oxygen atoms in total. The van der Waals surface area contributed by atoms with Crippen LogP contribution in [0.25, 0.3) is 0 Å². The van der Waals surface area contributed by atoms with Gasteiger partial charge in [-0.3, -0.25) is 4.79 Å². The van der Waals surface area contributed by atoms with Crippen molar-refractivity contribution in [3.63, 3.8) is 0 Å². The third kappa shape index (κ3) is 3.11. The molecule has 0 aliphatic carbocycles. The first kappa shape index (κ1) is 15.2. The molecular weight excluding hydrogens is 293 g/mol. The number of hydrogen-bond acceptors (Lipinski definition) is 3. The molecule has 6 heteroatoms. The van der Waals surface area contributed by atoms with Crippen molar-refractivity contribution < 1.29 is 19.1 Å². The first-order valence-corrected chi connectivity index (χ1v) is 7.03. The van der Waals surface area contributed by atoms with Crippen molar-refractivity contribution >= 4 is 28.2 Å². The number of benzene rings is 1. The van der Waals surface area contributed by atoms with Gasteiger partial charge in [0.25, 0.3) is 5.91 Å². The van der Waals surface area contributed by atoms with Gasteiger partial charge in [-0.05, 0) is 50.1 Å². The van der Waals surface area contributed by atoms with Crippen LogP contribution in [-0.4, -0.2) is 17.0 Å². The number of amides is 1. The zero-order chi connectivity index (χ0) is 15.7. The topological polar surface area (TPSA) is 66.4 Å². The smallest absolute Gasteiger partial charge is 0.338 e. The van der Waals surface area contributed by atoms with E-state index >= 15 is 0 Å². The summed E-state index contributed by atoms with van der Waals surface area (Å²) in [7, 11) is 0. The highest BCUT2D eigenvalue weighted by Crippen LogP contribution is 2.32. The fraction of sp³-hybridized carbons (Fsp3) is 0.200. The number of carbonyl (C=O) groups is 2. The second kappa shape index (κ2) is 5.65.